The molecule has 3 rings (SSSR count). The number of aryl methyl sites for hydroxylation is 3. The summed E-state index contributed by atoms with van der Waals surface area (Å²) in [6.45, 7) is 3.02. The maximum atomic E-state index is 12.3. The van der Waals surface area contributed by atoms with Crippen molar-refractivity contribution in [1.82, 2.24) is 10.2 Å². The Hall–Kier alpha value is -2.94. The minimum absolute atomic E-state index is 0.0382. The van der Waals surface area contributed by atoms with E-state index in [1.807, 2.05) is 32.9 Å². The summed E-state index contributed by atoms with van der Waals surface area (Å²) in [5, 5.41) is 11.0. The van der Waals surface area contributed by atoms with Gasteiger partial charge >= 0.3 is 6.61 Å². The van der Waals surface area contributed by atoms with E-state index in [0.29, 0.717) is 5.56 Å². The summed E-state index contributed by atoms with van der Waals surface area (Å²) in [4.78, 5) is 12.3. The lowest BCUT2D eigenvalue weighted by molar-refractivity contribution is -0.113. The van der Waals surface area contributed by atoms with Crippen LogP contribution in [0.25, 0.3) is 11.5 Å². The van der Waals surface area contributed by atoms with E-state index in [-0.39, 0.29) is 28.5 Å². The summed E-state index contributed by atoms with van der Waals surface area (Å²) in [7, 11) is 0. The van der Waals surface area contributed by atoms with Crippen molar-refractivity contribution in [3.63, 3.8) is 0 Å². The summed E-state index contributed by atoms with van der Waals surface area (Å²) in [6, 6.07) is 9.87. The van der Waals surface area contributed by atoms with Gasteiger partial charge in [0.05, 0.1) is 5.75 Å². The number of halogens is 2. The largest absolute Gasteiger partial charge is 0.435 e. The fourth-order valence-electron chi connectivity index (χ4n) is 2.84. The standard InChI is InChI=1S/C20H19F2N3O3S/c1-11-8-12(2)17(13(3)9-11)23-16(26)10-29-20-25-24-18(28-20)14-4-6-15(7-5-14)27-19(21)22/h4-9,19H,10H2,1-3H3,(H,23,26). The van der Waals surface area contributed by atoms with Gasteiger partial charge in [-0.25, -0.2) is 0 Å². The van der Waals surface area contributed by atoms with E-state index < -0.39 is 6.61 Å². The highest BCUT2D eigenvalue weighted by Crippen LogP contribution is 2.26. The number of carbonyl (C=O) groups excluding carboxylic acids is 1. The fraction of sp³-hybridized carbons (Fsp3) is 0.250. The number of aromatic nitrogens is 2. The maximum absolute atomic E-state index is 12.3. The van der Waals surface area contributed by atoms with Crippen LogP contribution >= 0.6 is 11.8 Å². The van der Waals surface area contributed by atoms with E-state index in [2.05, 4.69) is 20.3 Å². The van der Waals surface area contributed by atoms with Crippen molar-refractivity contribution in [3.05, 3.63) is 53.1 Å². The first-order chi connectivity index (χ1) is 13.8. The molecule has 0 aliphatic heterocycles. The van der Waals surface area contributed by atoms with Gasteiger partial charge in [-0.1, -0.05) is 29.5 Å². The topological polar surface area (TPSA) is 77.2 Å². The molecule has 0 bridgehead atoms. The molecule has 0 unspecified atom stereocenters. The first kappa shape index (κ1) is 20.8. The van der Waals surface area contributed by atoms with Crippen molar-refractivity contribution in [2.24, 2.45) is 0 Å². The molecule has 152 valence electrons. The predicted octanol–water partition coefficient (Wildman–Crippen LogP) is 4.99. The van der Waals surface area contributed by atoms with E-state index >= 15 is 0 Å². The second kappa shape index (κ2) is 9.04. The van der Waals surface area contributed by atoms with Crippen LogP contribution in [0.15, 0.2) is 46.0 Å². The van der Waals surface area contributed by atoms with Gasteiger partial charge < -0.3 is 14.5 Å². The molecule has 0 fully saturated rings. The Balaban J connectivity index is 1.58. The summed E-state index contributed by atoms with van der Waals surface area (Å²) < 4.78 is 34.2. The Bertz CT molecular complexity index is 983. The summed E-state index contributed by atoms with van der Waals surface area (Å²) in [5.41, 5.74) is 4.50. The quantitative estimate of drug-likeness (QED) is 0.544. The van der Waals surface area contributed by atoms with E-state index in [4.69, 9.17) is 4.42 Å². The lowest BCUT2D eigenvalue weighted by Gasteiger charge is -2.12. The highest BCUT2D eigenvalue weighted by atomic mass is 32.2. The van der Waals surface area contributed by atoms with Crippen molar-refractivity contribution in [3.8, 4) is 17.2 Å². The van der Waals surface area contributed by atoms with Crippen molar-refractivity contribution in [2.75, 3.05) is 11.1 Å². The van der Waals surface area contributed by atoms with Crippen molar-refractivity contribution < 1.29 is 22.7 Å². The predicted molar refractivity (Wildman–Crippen MR) is 106 cm³/mol. The first-order valence-corrected chi connectivity index (χ1v) is 9.69. The van der Waals surface area contributed by atoms with E-state index in [0.717, 1.165) is 34.1 Å². The van der Waals surface area contributed by atoms with Gasteiger partial charge in [0.15, 0.2) is 0 Å². The second-order valence-electron chi connectivity index (χ2n) is 6.39. The monoisotopic (exact) mass is 419 g/mol. The molecule has 29 heavy (non-hydrogen) atoms. The van der Waals surface area contributed by atoms with Gasteiger partial charge in [-0.3, -0.25) is 4.79 Å². The SMILES string of the molecule is Cc1cc(C)c(NC(=O)CSc2nnc(-c3ccc(OC(F)F)cc3)o2)c(C)c1. The Labute approximate surface area is 170 Å². The molecule has 3 aromatic rings. The average molecular weight is 419 g/mol. The third-order valence-electron chi connectivity index (χ3n) is 4.00. The number of benzene rings is 2. The highest BCUT2D eigenvalue weighted by molar-refractivity contribution is 7.99. The molecular weight excluding hydrogens is 400 g/mol. The summed E-state index contributed by atoms with van der Waals surface area (Å²) >= 11 is 1.11. The molecule has 0 saturated carbocycles. The number of ether oxygens (including phenoxy) is 1. The van der Waals surface area contributed by atoms with Gasteiger partial charge in [-0.05, 0) is 56.2 Å². The molecule has 1 amide bonds. The van der Waals surface area contributed by atoms with Crippen LogP contribution in [0, 0.1) is 20.8 Å². The Morgan fingerprint density at radius 3 is 2.41 bits per heavy atom. The first-order valence-electron chi connectivity index (χ1n) is 8.71. The zero-order valence-electron chi connectivity index (χ0n) is 16.0. The van der Waals surface area contributed by atoms with Gasteiger partial charge in [0.25, 0.3) is 5.22 Å². The lowest BCUT2D eigenvalue weighted by Crippen LogP contribution is -2.15. The number of carbonyl (C=O) groups is 1. The smallest absolute Gasteiger partial charge is 0.387 e. The number of alkyl halides is 2. The number of nitrogens with zero attached hydrogens (tertiary/aromatic N) is 2. The molecule has 0 aliphatic carbocycles. The zero-order chi connectivity index (χ0) is 21.0. The van der Waals surface area contributed by atoms with Crippen LogP contribution in [0.4, 0.5) is 14.5 Å². The fourth-order valence-corrected chi connectivity index (χ4v) is 3.41. The molecule has 0 radical (unpaired) electrons. The normalized spacial score (nSPS) is 11.0. The van der Waals surface area contributed by atoms with Gasteiger partial charge in [-0.15, -0.1) is 10.2 Å². The van der Waals surface area contributed by atoms with E-state index in [1.54, 1.807) is 0 Å². The van der Waals surface area contributed by atoms with Gasteiger partial charge in [0, 0.05) is 11.3 Å². The van der Waals surface area contributed by atoms with Crippen LogP contribution in [0.3, 0.4) is 0 Å². The Morgan fingerprint density at radius 1 is 1.14 bits per heavy atom. The van der Waals surface area contributed by atoms with E-state index in [9.17, 15) is 13.6 Å². The van der Waals surface area contributed by atoms with Crippen LogP contribution in [-0.2, 0) is 4.79 Å². The van der Waals surface area contributed by atoms with Crippen LogP contribution < -0.4 is 10.1 Å². The number of thioether (sulfide) groups is 1. The van der Waals surface area contributed by atoms with Crippen LogP contribution in [0.1, 0.15) is 16.7 Å². The Kier molecular flexibility index (Phi) is 6.48. The third kappa shape index (κ3) is 5.54. The number of rotatable bonds is 7. The molecule has 0 saturated heterocycles. The molecule has 0 spiro atoms. The van der Waals surface area contributed by atoms with Crippen LogP contribution in [0.2, 0.25) is 0 Å². The molecule has 1 N–H and O–H groups in total. The molecule has 1 aromatic heterocycles. The van der Waals surface area contributed by atoms with Crippen molar-refractivity contribution >= 4 is 23.4 Å². The molecule has 9 heteroatoms. The lowest BCUT2D eigenvalue weighted by atomic mass is 10.1. The summed E-state index contributed by atoms with van der Waals surface area (Å²) in [5.74, 6) is 0.187. The number of nitrogens with one attached hydrogen (secondary N) is 1. The van der Waals surface area contributed by atoms with Crippen molar-refractivity contribution in [1.29, 1.82) is 0 Å². The number of amides is 1. The summed E-state index contributed by atoms with van der Waals surface area (Å²) in [6.07, 6.45) is 0. The minimum Gasteiger partial charge on any atom is -0.435 e. The maximum Gasteiger partial charge on any atom is 0.387 e. The van der Waals surface area contributed by atoms with Gasteiger partial charge in [0.1, 0.15) is 5.75 Å². The minimum atomic E-state index is -2.88. The van der Waals surface area contributed by atoms with Crippen LogP contribution in [-0.4, -0.2) is 28.5 Å². The molecular formula is C20H19F2N3O3S. The van der Waals surface area contributed by atoms with Crippen molar-refractivity contribution in [2.45, 2.75) is 32.6 Å². The molecule has 6 nitrogen and oxygen atoms in total. The Morgan fingerprint density at radius 2 is 1.79 bits per heavy atom. The molecule has 1 heterocycles. The number of hydrogen-bond donors (Lipinski definition) is 1. The number of anilines is 1. The number of hydrogen-bond acceptors (Lipinski definition) is 6. The van der Waals surface area contributed by atoms with Gasteiger partial charge in [-0.2, -0.15) is 8.78 Å². The molecule has 2 aromatic carbocycles. The second-order valence-corrected chi connectivity index (χ2v) is 7.31. The van der Waals surface area contributed by atoms with Crippen LogP contribution in [0.5, 0.6) is 5.75 Å². The highest BCUT2D eigenvalue weighted by Gasteiger charge is 2.13. The third-order valence-corrected chi connectivity index (χ3v) is 4.82. The molecule has 0 aliphatic rings. The average Bonchev–Trinajstić information content (AvgIpc) is 3.12. The van der Waals surface area contributed by atoms with E-state index in [1.165, 1.54) is 24.3 Å². The zero-order valence-corrected chi connectivity index (χ0v) is 16.8. The van der Waals surface area contributed by atoms with Gasteiger partial charge in [0.2, 0.25) is 11.8 Å². The molecule has 0 atom stereocenters.